The number of amides is 2. The number of thiazole rings is 1. The maximum absolute atomic E-state index is 13.0. The second-order valence-electron chi connectivity index (χ2n) is 8.30. The van der Waals surface area contributed by atoms with Crippen LogP contribution in [0.25, 0.3) is 10.2 Å². The molecule has 1 atom stereocenters. The highest BCUT2D eigenvalue weighted by Crippen LogP contribution is 2.24. The topological polar surface area (TPSA) is 56.8 Å². The van der Waals surface area contributed by atoms with Gasteiger partial charge in [-0.1, -0.05) is 12.1 Å². The average Bonchev–Trinajstić information content (AvgIpc) is 3.13. The van der Waals surface area contributed by atoms with Crippen molar-refractivity contribution in [2.24, 2.45) is 5.92 Å². The Balaban J connectivity index is 1.54. The minimum absolute atomic E-state index is 0.0708. The van der Waals surface area contributed by atoms with Gasteiger partial charge in [-0.25, -0.2) is 4.98 Å². The van der Waals surface area contributed by atoms with Gasteiger partial charge in [0.15, 0.2) is 0 Å². The first-order valence-electron chi connectivity index (χ1n) is 10.4. The van der Waals surface area contributed by atoms with E-state index in [-0.39, 0.29) is 29.8 Å². The van der Waals surface area contributed by atoms with Crippen LogP contribution in [0.4, 0.5) is 0 Å². The van der Waals surface area contributed by atoms with Crippen molar-refractivity contribution in [2.75, 3.05) is 27.2 Å². The molecular formula is C22H32N4O2S. The van der Waals surface area contributed by atoms with Crippen molar-refractivity contribution < 1.29 is 9.59 Å². The van der Waals surface area contributed by atoms with E-state index in [1.807, 2.05) is 58.0 Å². The van der Waals surface area contributed by atoms with Crippen molar-refractivity contribution in [3.05, 3.63) is 29.3 Å². The lowest BCUT2D eigenvalue weighted by Gasteiger charge is -2.37. The quantitative estimate of drug-likeness (QED) is 0.726. The molecule has 7 heteroatoms. The second-order valence-corrected chi connectivity index (χ2v) is 9.41. The van der Waals surface area contributed by atoms with E-state index in [2.05, 4.69) is 16.0 Å². The number of carbonyl (C=O) groups is 2. The molecule has 2 aromatic rings. The van der Waals surface area contributed by atoms with Crippen LogP contribution in [0.2, 0.25) is 0 Å². The summed E-state index contributed by atoms with van der Waals surface area (Å²) in [5.41, 5.74) is 0.986. The third-order valence-electron chi connectivity index (χ3n) is 5.99. The predicted molar refractivity (Wildman–Crippen MR) is 118 cm³/mol. The molecule has 0 N–H and O–H groups in total. The van der Waals surface area contributed by atoms with Crippen LogP contribution >= 0.6 is 11.3 Å². The van der Waals surface area contributed by atoms with Crippen LogP contribution in [0.1, 0.15) is 38.6 Å². The molecule has 1 saturated heterocycles. The van der Waals surface area contributed by atoms with Gasteiger partial charge >= 0.3 is 0 Å². The summed E-state index contributed by atoms with van der Waals surface area (Å²) in [5.74, 6) is 0.404. The fraction of sp³-hybridized carbons (Fsp3) is 0.591. The van der Waals surface area contributed by atoms with Gasteiger partial charge in [0.25, 0.3) is 0 Å². The first kappa shape index (κ1) is 21.7. The number of hydrogen-bond acceptors (Lipinski definition) is 5. The van der Waals surface area contributed by atoms with E-state index < -0.39 is 0 Å². The fourth-order valence-corrected chi connectivity index (χ4v) is 4.84. The Morgan fingerprint density at radius 3 is 2.45 bits per heavy atom. The summed E-state index contributed by atoms with van der Waals surface area (Å²) in [4.78, 5) is 36.0. The van der Waals surface area contributed by atoms with Gasteiger partial charge in [-0.05, 0) is 58.8 Å². The van der Waals surface area contributed by atoms with Crippen LogP contribution in [-0.2, 0) is 16.1 Å². The molecule has 0 aliphatic carbocycles. The van der Waals surface area contributed by atoms with E-state index in [9.17, 15) is 9.59 Å². The Hall–Kier alpha value is -1.99. The molecule has 1 aliphatic rings. The summed E-state index contributed by atoms with van der Waals surface area (Å²) in [6.07, 6.45) is 1.63. The average molecular weight is 417 g/mol. The normalized spacial score (nSPS) is 16.9. The van der Waals surface area contributed by atoms with Crippen molar-refractivity contribution in [1.82, 2.24) is 19.7 Å². The summed E-state index contributed by atoms with van der Waals surface area (Å²) < 4.78 is 1.15. The van der Waals surface area contributed by atoms with Gasteiger partial charge in [0.2, 0.25) is 11.8 Å². The highest BCUT2D eigenvalue weighted by atomic mass is 32.1. The van der Waals surface area contributed by atoms with Gasteiger partial charge in [-0.2, -0.15) is 0 Å². The zero-order valence-electron chi connectivity index (χ0n) is 18.1. The van der Waals surface area contributed by atoms with E-state index in [0.717, 1.165) is 41.2 Å². The molecule has 2 heterocycles. The molecule has 1 unspecified atom stereocenters. The first-order valence-corrected chi connectivity index (χ1v) is 11.2. The van der Waals surface area contributed by atoms with Gasteiger partial charge in [0.1, 0.15) is 5.01 Å². The molecule has 3 rings (SSSR count). The minimum Gasteiger partial charge on any atom is -0.343 e. The number of para-hydroxylation sites is 1. The summed E-state index contributed by atoms with van der Waals surface area (Å²) >= 11 is 1.64. The molecule has 1 aromatic carbocycles. The number of carbonyl (C=O) groups excluding carboxylic acids is 2. The zero-order valence-corrected chi connectivity index (χ0v) is 18.9. The van der Waals surface area contributed by atoms with Gasteiger partial charge in [0, 0.05) is 26.1 Å². The van der Waals surface area contributed by atoms with Crippen molar-refractivity contribution >= 4 is 33.4 Å². The van der Waals surface area contributed by atoms with Crippen LogP contribution in [0.5, 0.6) is 0 Å². The SMILES string of the molecule is CC(C(=O)N(C)Cc1nc2ccccc2s1)N1CCC(C(=O)N(C)C(C)C)CC1. The monoisotopic (exact) mass is 416 g/mol. The Morgan fingerprint density at radius 2 is 1.83 bits per heavy atom. The summed E-state index contributed by atoms with van der Waals surface area (Å²) in [6.45, 7) is 8.13. The molecule has 2 amide bonds. The highest BCUT2D eigenvalue weighted by molar-refractivity contribution is 7.18. The number of hydrogen-bond donors (Lipinski definition) is 0. The molecular weight excluding hydrogens is 384 g/mol. The Morgan fingerprint density at radius 1 is 1.17 bits per heavy atom. The molecule has 0 radical (unpaired) electrons. The number of benzene rings is 1. The standard InChI is InChI=1S/C22H32N4O2S/c1-15(2)25(5)22(28)17-10-12-26(13-11-17)16(3)21(27)24(4)14-20-23-18-8-6-7-9-19(18)29-20/h6-9,15-17H,10-14H2,1-5H3. The minimum atomic E-state index is -0.187. The Labute approximate surface area is 177 Å². The molecule has 1 aliphatic heterocycles. The van der Waals surface area contributed by atoms with Gasteiger partial charge in [-0.15, -0.1) is 11.3 Å². The molecule has 1 fully saturated rings. The van der Waals surface area contributed by atoms with E-state index in [1.165, 1.54) is 0 Å². The number of likely N-dealkylation sites (tertiary alicyclic amines) is 1. The molecule has 0 bridgehead atoms. The number of nitrogens with zero attached hydrogens (tertiary/aromatic N) is 4. The van der Waals surface area contributed by atoms with E-state index in [0.29, 0.717) is 6.54 Å². The van der Waals surface area contributed by atoms with Crippen LogP contribution < -0.4 is 0 Å². The number of piperidine rings is 1. The summed E-state index contributed by atoms with van der Waals surface area (Å²) in [6, 6.07) is 8.08. The number of likely N-dealkylation sites (N-methyl/N-ethyl adjacent to an activating group) is 1. The smallest absolute Gasteiger partial charge is 0.239 e. The summed E-state index contributed by atoms with van der Waals surface area (Å²) in [7, 11) is 3.72. The van der Waals surface area contributed by atoms with Gasteiger partial charge in [-0.3, -0.25) is 14.5 Å². The van der Waals surface area contributed by atoms with Crippen molar-refractivity contribution in [1.29, 1.82) is 0 Å². The number of fused-ring (bicyclic) bond motifs is 1. The maximum atomic E-state index is 13.0. The second kappa shape index (κ2) is 9.22. The predicted octanol–water partition coefficient (Wildman–Crippen LogP) is 3.22. The van der Waals surface area contributed by atoms with Gasteiger partial charge < -0.3 is 9.80 Å². The molecule has 0 saturated carbocycles. The third kappa shape index (κ3) is 4.95. The lowest BCUT2D eigenvalue weighted by atomic mass is 9.94. The Kier molecular flexibility index (Phi) is 6.90. The fourth-order valence-electron chi connectivity index (χ4n) is 3.82. The van der Waals surface area contributed by atoms with E-state index in [4.69, 9.17) is 0 Å². The van der Waals surface area contributed by atoms with Crippen molar-refractivity contribution in [3.63, 3.8) is 0 Å². The van der Waals surface area contributed by atoms with E-state index >= 15 is 0 Å². The molecule has 1 aromatic heterocycles. The van der Waals surface area contributed by atoms with Crippen LogP contribution in [0, 0.1) is 5.92 Å². The maximum Gasteiger partial charge on any atom is 0.239 e. The number of aromatic nitrogens is 1. The molecule has 29 heavy (non-hydrogen) atoms. The lowest BCUT2D eigenvalue weighted by Crippen LogP contribution is -2.50. The third-order valence-corrected chi connectivity index (χ3v) is 7.01. The highest BCUT2D eigenvalue weighted by Gasteiger charge is 2.32. The summed E-state index contributed by atoms with van der Waals surface area (Å²) in [5, 5.41) is 0.954. The number of rotatable bonds is 6. The lowest BCUT2D eigenvalue weighted by molar-refractivity contribution is -0.139. The zero-order chi connectivity index (χ0) is 21.1. The molecule has 158 valence electrons. The Bertz CT molecular complexity index is 824. The molecule has 6 nitrogen and oxygen atoms in total. The van der Waals surface area contributed by atoms with Crippen LogP contribution in [-0.4, -0.2) is 70.8 Å². The van der Waals surface area contributed by atoms with Crippen molar-refractivity contribution in [2.45, 2.75) is 52.2 Å². The molecule has 0 spiro atoms. The van der Waals surface area contributed by atoms with E-state index in [1.54, 1.807) is 16.2 Å². The van der Waals surface area contributed by atoms with Crippen molar-refractivity contribution in [3.8, 4) is 0 Å². The van der Waals surface area contributed by atoms with Crippen LogP contribution in [0.15, 0.2) is 24.3 Å². The largest absolute Gasteiger partial charge is 0.343 e. The van der Waals surface area contributed by atoms with Crippen LogP contribution in [0.3, 0.4) is 0 Å². The van der Waals surface area contributed by atoms with Gasteiger partial charge in [0.05, 0.1) is 22.8 Å². The first-order chi connectivity index (χ1) is 13.8.